The van der Waals surface area contributed by atoms with Crippen molar-refractivity contribution in [2.24, 2.45) is 4.99 Å². The fourth-order valence-corrected chi connectivity index (χ4v) is 2.87. The second kappa shape index (κ2) is 10.5. The van der Waals surface area contributed by atoms with Gasteiger partial charge >= 0.3 is 0 Å². The van der Waals surface area contributed by atoms with E-state index in [1.165, 1.54) is 5.01 Å². The van der Waals surface area contributed by atoms with Crippen molar-refractivity contribution in [2.45, 2.75) is 32.9 Å². The number of halogens is 1. The Labute approximate surface area is 165 Å². The minimum absolute atomic E-state index is 0. The average molecular weight is 460 g/mol. The topological polar surface area (TPSA) is 58.5 Å². The van der Waals surface area contributed by atoms with Gasteiger partial charge in [-0.15, -0.1) is 35.3 Å². The Kier molecular flexibility index (Phi) is 9.05. The van der Waals surface area contributed by atoms with Gasteiger partial charge in [-0.05, 0) is 17.7 Å². The lowest BCUT2D eigenvalue weighted by molar-refractivity contribution is 0.414. The zero-order valence-corrected chi connectivity index (χ0v) is 17.6. The summed E-state index contributed by atoms with van der Waals surface area (Å²) in [4.78, 5) is 8.86. The van der Waals surface area contributed by atoms with Crippen molar-refractivity contribution in [2.75, 3.05) is 14.2 Å². The minimum Gasteiger partial charge on any atom is -0.497 e. The molecule has 1 aromatic heterocycles. The summed E-state index contributed by atoms with van der Waals surface area (Å²) in [6, 6.07) is 7.98. The third-order valence-corrected chi connectivity index (χ3v) is 4.51. The molecular weight excluding hydrogens is 435 g/mol. The zero-order chi connectivity index (χ0) is 16.7. The molecule has 0 saturated heterocycles. The van der Waals surface area contributed by atoms with Gasteiger partial charge in [0.05, 0.1) is 24.4 Å². The predicted molar refractivity (Wildman–Crippen MR) is 112 cm³/mol. The van der Waals surface area contributed by atoms with E-state index < -0.39 is 0 Å². The maximum Gasteiger partial charge on any atom is 0.191 e. The summed E-state index contributed by atoms with van der Waals surface area (Å²) in [6.07, 6.45) is 0. The normalized spacial score (nSPS) is 11.1. The molecule has 7 heteroatoms. The van der Waals surface area contributed by atoms with Crippen LogP contribution in [0.4, 0.5) is 0 Å². The number of rotatable bonds is 6. The van der Waals surface area contributed by atoms with Gasteiger partial charge in [0, 0.05) is 24.9 Å². The zero-order valence-electron chi connectivity index (χ0n) is 14.5. The lowest BCUT2D eigenvalue weighted by Gasteiger charge is -2.11. The Morgan fingerprint density at radius 2 is 2.04 bits per heavy atom. The van der Waals surface area contributed by atoms with Crippen LogP contribution in [-0.4, -0.2) is 25.1 Å². The van der Waals surface area contributed by atoms with Crippen molar-refractivity contribution < 1.29 is 4.74 Å². The molecule has 0 spiro atoms. The molecule has 0 aliphatic rings. The molecule has 0 amide bonds. The second-order valence-corrected chi connectivity index (χ2v) is 6.35. The van der Waals surface area contributed by atoms with E-state index >= 15 is 0 Å². The van der Waals surface area contributed by atoms with Crippen LogP contribution in [0.1, 0.15) is 36.0 Å². The summed E-state index contributed by atoms with van der Waals surface area (Å²) in [5.41, 5.74) is 2.19. The summed E-state index contributed by atoms with van der Waals surface area (Å²) in [7, 11) is 3.44. The molecule has 24 heavy (non-hydrogen) atoms. The number of thiazole rings is 1. The van der Waals surface area contributed by atoms with E-state index in [4.69, 9.17) is 4.74 Å². The number of ether oxygens (including phenoxy) is 1. The van der Waals surface area contributed by atoms with Crippen LogP contribution < -0.4 is 15.4 Å². The third kappa shape index (κ3) is 6.27. The Hall–Kier alpha value is -1.35. The maximum atomic E-state index is 5.23. The molecule has 0 bridgehead atoms. The fourth-order valence-electron chi connectivity index (χ4n) is 2.03. The van der Waals surface area contributed by atoms with Gasteiger partial charge in [-0.25, -0.2) is 4.98 Å². The van der Waals surface area contributed by atoms with E-state index in [-0.39, 0.29) is 24.0 Å². The fraction of sp³-hybridized carbons (Fsp3) is 0.412. The molecule has 0 aliphatic heterocycles. The molecule has 0 unspecified atom stereocenters. The van der Waals surface area contributed by atoms with E-state index in [9.17, 15) is 0 Å². The van der Waals surface area contributed by atoms with Gasteiger partial charge in [0.15, 0.2) is 5.96 Å². The molecule has 0 saturated carbocycles. The van der Waals surface area contributed by atoms with Gasteiger partial charge in [-0.3, -0.25) is 4.99 Å². The summed E-state index contributed by atoms with van der Waals surface area (Å²) in [6.45, 7) is 5.67. The van der Waals surface area contributed by atoms with Crippen LogP contribution in [0, 0.1) is 0 Å². The smallest absolute Gasteiger partial charge is 0.191 e. The van der Waals surface area contributed by atoms with Crippen LogP contribution >= 0.6 is 35.3 Å². The first kappa shape index (κ1) is 20.7. The first-order valence-corrected chi connectivity index (χ1v) is 8.52. The van der Waals surface area contributed by atoms with Gasteiger partial charge in [0.25, 0.3) is 0 Å². The Morgan fingerprint density at radius 3 is 2.67 bits per heavy atom. The molecule has 2 N–H and O–H groups in total. The Bertz CT molecular complexity index is 658. The highest BCUT2D eigenvalue weighted by atomic mass is 127. The van der Waals surface area contributed by atoms with Gasteiger partial charge in [-0.1, -0.05) is 26.0 Å². The molecule has 132 valence electrons. The van der Waals surface area contributed by atoms with Gasteiger partial charge in [0.2, 0.25) is 0 Å². The highest BCUT2D eigenvalue weighted by Gasteiger charge is 2.06. The summed E-state index contributed by atoms with van der Waals surface area (Å²) in [5, 5.41) is 9.85. The van der Waals surface area contributed by atoms with Gasteiger partial charge in [-0.2, -0.15) is 0 Å². The van der Waals surface area contributed by atoms with Crippen LogP contribution in [0.25, 0.3) is 0 Å². The summed E-state index contributed by atoms with van der Waals surface area (Å²) < 4.78 is 5.23. The lowest BCUT2D eigenvalue weighted by Crippen LogP contribution is -2.36. The highest BCUT2D eigenvalue weighted by Crippen LogP contribution is 2.18. The first-order chi connectivity index (χ1) is 11.1. The van der Waals surface area contributed by atoms with E-state index in [1.807, 2.05) is 18.2 Å². The number of aromatic nitrogens is 1. The number of aliphatic imine (C=N–C) groups is 1. The number of guanidine groups is 1. The minimum atomic E-state index is 0. The predicted octanol–water partition coefficient (Wildman–Crippen LogP) is 3.76. The second-order valence-electron chi connectivity index (χ2n) is 5.46. The van der Waals surface area contributed by atoms with Crippen LogP contribution in [-0.2, 0) is 13.1 Å². The number of hydrogen-bond acceptors (Lipinski definition) is 4. The summed E-state index contributed by atoms with van der Waals surface area (Å²) in [5.74, 6) is 2.09. The number of benzene rings is 1. The van der Waals surface area contributed by atoms with Crippen LogP contribution in [0.15, 0.2) is 34.6 Å². The average Bonchev–Trinajstić information content (AvgIpc) is 3.04. The van der Waals surface area contributed by atoms with E-state index in [0.29, 0.717) is 19.0 Å². The molecule has 1 heterocycles. The largest absolute Gasteiger partial charge is 0.497 e. The molecule has 0 aliphatic carbocycles. The van der Waals surface area contributed by atoms with Crippen molar-refractivity contribution >= 4 is 41.3 Å². The first-order valence-electron chi connectivity index (χ1n) is 7.64. The number of methoxy groups -OCH3 is 1. The van der Waals surface area contributed by atoms with Crippen molar-refractivity contribution in [3.05, 3.63) is 45.9 Å². The Morgan fingerprint density at radius 1 is 1.29 bits per heavy atom. The van der Waals surface area contributed by atoms with E-state index in [2.05, 4.69) is 45.9 Å². The van der Waals surface area contributed by atoms with Gasteiger partial charge in [0.1, 0.15) is 5.75 Å². The molecule has 2 rings (SSSR count). The quantitative estimate of drug-likeness (QED) is 0.392. The van der Waals surface area contributed by atoms with Crippen LogP contribution in [0.3, 0.4) is 0 Å². The van der Waals surface area contributed by atoms with Crippen molar-refractivity contribution in [1.29, 1.82) is 0 Å². The number of nitrogens with one attached hydrogen (secondary N) is 2. The lowest BCUT2D eigenvalue weighted by atomic mass is 10.2. The van der Waals surface area contributed by atoms with Crippen LogP contribution in [0.5, 0.6) is 5.75 Å². The SMILES string of the molecule is CN=C(NCc1cccc(OC)c1)NCc1csc(C(C)C)n1.I. The van der Waals surface area contributed by atoms with Crippen LogP contribution in [0.2, 0.25) is 0 Å². The monoisotopic (exact) mass is 460 g/mol. The van der Waals surface area contributed by atoms with E-state index in [0.717, 1.165) is 23.0 Å². The third-order valence-electron chi connectivity index (χ3n) is 3.32. The molecule has 0 radical (unpaired) electrons. The molecule has 1 aromatic carbocycles. The molecule has 0 fully saturated rings. The van der Waals surface area contributed by atoms with Crippen molar-refractivity contribution in [1.82, 2.24) is 15.6 Å². The number of nitrogens with zero attached hydrogens (tertiary/aromatic N) is 2. The highest BCUT2D eigenvalue weighted by molar-refractivity contribution is 14.0. The summed E-state index contributed by atoms with van der Waals surface area (Å²) >= 11 is 1.71. The molecular formula is C17H25IN4OS. The Balaban J connectivity index is 0.00000288. The van der Waals surface area contributed by atoms with Crippen molar-refractivity contribution in [3.8, 4) is 5.75 Å². The van der Waals surface area contributed by atoms with E-state index in [1.54, 1.807) is 25.5 Å². The van der Waals surface area contributed by atoms with Crippen molar-refractivity contribution in [3.63, 3.8) is 0 Å². The van der Waals surface area contributed by atoms with Gasteiger partial charge < -0.3 is 15.4 Å². The molecule has 2 aromatic rings. The maximum absolute atomic E-state index is 5.23. The molecule has 0 atom stereocenters. The molecule has 5 nitrogen and oxygen atoms in total. The number of hydrogen-bond donors (Lipinski definition) is 2. The standard InChI is InChI=1S/C17H24N4OS.HI/c1-12(2)16-21-14(11-23-16)10-20-17(18-3)19-9-13-6-5-7-15(8-13)22-4;/h5-8,11-12H,9-10H2,1-4H3,(H2,18,19,20);1H.